The molecule has 0 aliphatic carbocycles. The van der Waals surface area contributed by atoms with Crippen LogP contribution in [0.4, 0.5) is 5.82 Å². The molecule has 2 aromatic heterocycles. The minimum Gasteiger partial charge on any atom is -0.355 e. The van der Waals surface area contributed by atoms with Crippen molar-refractivity contribution >= 4 is 28.3 Å². The summed E-state index contributed by atoms with van der Waals surface area (Å²) < 4.78 is 0. The van der Waals surface area contributed by atoms with Gasteiger partial charge in [-0.15, -0.1) is 11.6 Å². The highest BCUT2D eigenvalue weighted by Crippen LogP contribution is 2.24. The van der Waals surface area contributed by atoms with Gasteiger partial charge in [0.15, 0.2) is 0 Å². The molecule has 0 aliphatic rings. The predicted octanol–water partition coefficient (Wildman–Crippen LogP) is 4.01. The highest BCUT2D eigenvalue weighted by Gasteiger charge is 2.09. The highest BCUT2D eigenvalue weighted by atomic mass is 35.5. The number of halogens is 1. The van der Waals surface area contributed by atoms with Crippen molar-refractivity contribution in [2.45, 2.75) is 12.4 Å². The van der Waals surface area contributed by atoms with Gasteiger partial charge >= 0.3 is 0 Å². The molecule has 0 amide bonds. The first-order valence-electron chi connectivity index (χ1n) is 6.82. The zero-order valence-corrected chi connectivity index (χ0v) is 12.6. The van der Waals surface area contributed by atoms with Crippen LogP contribution in [0.3, 0.4) is 0 Å². The molecule has 0 fully saturated rings. The van der Waals surface area contributed by atoms with E-state index < -0.39 is 0 Å². The number of nitrogens with zero attached hydrogens (tertiary/aromatic N) is 3. The number of alkyl halides is 1. The van der Waals surface area contributed by atoms with E-state index in [4.69, 9.17) is 16.6 Å². The smallest absolute Gasteiger partial charge is 0.129 e. The topological polar surface area (TPSA) is 29.0 Å². The van der Waals surface area contributed by atoms with Gasteiger partial charge in [0.1, 0.15) is 5.82 Å². The highest BCUT2D eigenvalue weighted by molar-refractivity contribution is 6.18. The first kappa shape index (κ1) is 13.8. The zero-order chi connectivity index (χ0) is 14.7. The molecular weight excluding hydrogens is 282 g/mol. The fourth-order valence-electron chi connectivity index (χ4n) is 2.38. The van der Waals surface area contributed by atoms with Crippen LogP contribution in [0, 0.1) is 0 Å². The molecule has 0 saturated carbocycles. The summed E-state index contributed by atoms with van der Waals surface area (Å²) >= 11 is 6.09. The van der Waals surface area contributed by atoms with Crippen LogP contribution in [0.2, 0.25) is 0 Å². The molecule has 0 radical (unpaired) electrons. The Kier molecular flexibility index (Phi) is 4.02. The number of benzene rings is 1. The van der Waals surface area contributed by atoms with Gasteiger partial charge in [0.05, 0.1) is 5.52 Å². The summed E-state index contributed by atoms with van der Waals surface area (Å²) in [4.78, 5) is 10.9. The number of rotatable bonds is 4. The van der Waals surface area contributed by atoms with Gasteiger partial charge in [0.2, 0.25) is 0 Å². The lowest BCUT2D eigenvalue weighted by atomic mass is 10.1. The van der Waals surface area contributed by atoms with Crippen molar-refractivity contribution < 1.29 is 0 Å². The Hall–Kier alpha value is -2.13. The first-order valence-corrected chi connectivity index (χ1v) is 7.36. The standard InChI is InChI=1S/C17H16ClN3/c1-21(12-13-6-8-19-9-7-13)17-10-14(11-18)15-4-2-3-5-16(15)20-17/h2-10H,11-12H2,1H3. The number of aromatic nitrogens is 2. The Labute approximate surface area is 129 Å². The summed E-state index contributed by atoms with van der Waals surface area (Å²) in [5, 5.41) is 1.12. The van der Waals surface area contributed by atoms with E-state index in [0.717, 1.165) is 28.8 Å². The summed E-state index contributed by atoms with van der Waals surface area (Å²) in [6.45, 7) is 0.787. The minimum atomic E-state index is 0.485. The molecule has 106 valence electrons. The van der Waals surface area contributed by atoms with Crippen molar-refractivity contribution in [3.05, 3.63) is 66.0 Å². The molecule has 0 unspecified atom stereocenters. The van der Waals surface area contributed by atoms with Gasteiger partial charge in [0.25, 0.3) is 0 Å². The molecule has 21 heavy (non-hydrogen) atoms. The molecule has 0 saturated heterocycles. The van der Waals surface area contributed by atoms with Crippen LogP contribution in [-0.4, -0.2) is 17.0 Å². The van der Waals surface area contributed by atoms with Crippen LogP contribution in [0.1, 0.15) is 11.1 Å². The summed E-state index contributed by atoms with van der Waals surface area (Å²) in [6.07, 6.45) is 3.61. The lowest BCUT2D eigenvalue weighted by Gasteiger charge is -2.19. The van der Waals surface area contributed by atoms with Crippen molar-refractivity contribution in [2.75, 3.05) is 11.9 Å². The lowest BCUT2D eigenvalue weighted by Crippen LogP contribution is -2.18. The largest absolute Gasteiger partial charge is 0.355 e. The third-order valence-corrected chi connectivity index (χ3v) is 3.78. The van der Waals surface area contributed by atoms with E-state index in [0.29, 0.717) is 5.88 Å². The van der Waals surface area contributed by atoms with Crippen LogP contribution in [0.5, 0.6) is 0 Å². The molecule has 0 bridgehead atoms. The summed E-state index contributed by atoms with van der Waals surface area (Å²) in [5.41, 5.74) is 3.29. The second-order valence-electron chi connectivity index (χ2n) is 5.00. The normalized spacial score (nSPS) is 10.8. The zero-order valence-electron chi connectivity index (χ0n) is 11.8. The molecule has 3 aromatic rings. The minimum absolute atomic E-state index is 0.485. The summed E-state index contributed by atoms with van der Waals surface area (Å²) in [5.74, 6) is 1.42. The Balaban J connectivity index is 1.96. The number of pyridine rings is 2. The Bertz CT molecular complexity index is 743. The monoisotopic (exact) mass is 297 g/mol. The van der Waals surface area contributed by atoms with Crippen LogP contribution in [0.25, 0.3) is 10.9 Å². The van der Waals surface area contributed by atoms with Crippen LogP contribution >= 0.6 is 11.6 Å². The van der Waals surface area contributed by atoms with E-state index >= 15 is 0 Å². The first-order chi connectivity index (χ1) is 10.3. The molecule has 0 atom stereocenters. The molecule has 3 rings (SSSR count). The molecular formula is C17H16ClN3. The van der Waals surface area contributed by atoms with Gasteiger partial charge in [-0.25, -0.2) is 4.98 Å². The van der Waals surface area contributed by atoms with Crippen LogP contribution < -0.4 is 4.90 Å². The third-order valence-electron chi connectivity index (χ3n) is 3.49. The van der Waals surface area contributed by atoms with E-state index in [1.807, 2.05) is 37.4 Å². The van der Waals surface area contributed by atoms with Gasteiger partial charge < -0.3 is 4.90 Å². The van der Waals surface area contributed by atoms with E-state index in [1.165, 1.54) is 5.56 Å². The molecule has 2 heterocycles. The predicted molar refractivity (Wildman–Crippen MR) is 87.6 cm³/mol. The van der Waals surface area contributed by atoms with Gasteiger partial charge in [0, 0.05) is 37.3 Å². The molecule has 0 aliphatic heterocycles. The van der Waals surface area contributed by atoms with E-state index in [2.05, 4.69) is 22.0 Å². The number of hydrogen-bond acceptors (Lipinski definition) is 3. The van der Waals surface area contributed by atoms with E-state index in [9.17, 15) is 0 Å². The number of anilines is 1. The SMILES string of the molecule is CN(Cc1ccncc1)c1cc(CCl)c2ccccc2n1. The summed E-state index contributed by atoms with van der Waals surface area (Å²) in [6, 6.07) is 14.2. The third kappa shape index (κ3) is 2.98. The van der Waals surface area contributed by atoms with Gasteiger partial charge in [-0.2, -0.15) is 0 Å². The maximum absolute atomic E-state index is 6.09. The van der Waals surface area contributed by atoms with Gasteiger partial charge in [-0.1, -0.05) is 18.2 Å². The fraction of sp³-hybridized carbons (Fsp3) is 0.176. The molecule has 0 N–H and O–H groups in total. The lowest BCUT2D eigenvalue weighted by molar-refractivity contribution is 0.898. The van der Waals surface area contributed by atoms with Gasteiger partial charge in [-0.3, -0.25) is 4.98 Å². The quantitative estimate of drug-likeness (QED) is 0.682. The molecule has 4 heteroatoms. The van der Waals surface area contributed by atoms with Crippen molar-refractivity contribution in [3.63, 3.8) is 0 Å². The Morgan fingerprint density at radius 1 is 1.10 bits per heavy atom. The number of fused-ring (bicyclic) bond motifs is 1. The van der Waals surface area contributed by atoms with Crippen LogP contribution in [-0.2, 0) is 12.4 Å². The molecule has 0 spiro atoms. The van der Waals surface area contributed by atoms with Crippen molar-refractivity contribution in [3.8, 4) is 0 Å². The second-order valence-corrected chi connectivity index (χ2v) is 5.27. The van der Waals surface area contributed by atoms with Crippen molar-refractivity contribution in [1.29, 1.82) is 0 Å². The average Bonchev–Trinajstić information content (AvgIpc) is 2.54. The van der Waals surface area contributed by atoms with E-state index in [1.54, 1.807) is 12.4 Å². The summed E-state index contributed by atoms with van der Waals surface area (Å²) in [7, 11) is 2.04. The van der Waals surface area contributed by atoms with Crippen molar-refractivity contribution in [1.82, 2.24) is 9.97 Å². The fourth-order valence-corrected chi connectivity index (χ4v) is 2.60. The Morgan fingerprint density at radius 3 is 2.62 bits per heavy atom. The van der Waals surface area contributed by atoms with Crippen molar-refractivity contribution in [2.24, 2.45) is 0 Å². The average molecular weight is 298 g/mol. The number of hydrogen-bond donors (Lipinski definition) is 0. The molecule has 1 aromatic carbocycles. The molecule has 3 nitrogen and oxygen atoms in total. The van der Waals surface area contributed by atoms with Gasteiger partial charge in [-0.05, 0) is 35.4 Å². The van der Waals surface area contributed by atoms with Crippen LogP contribution in [0.15, 0.2) is 54.9 Å². The Morgan fingerprint density at radius 2 is 1.86 bits per heavy atom. The van der Waals surface area contributed by atoms with E-state index in [-0.39, 0.29) is 0 Å². The maximum atomic E-state index is 6.09. The maximum Gasteiger partial charge on any atom is 0.129 e. The second kappa shape index (κ2) is 6.10. The number of para-hydroxylation sites is 1.